The fraction of sp³-hybridized carbons (Fsp3) is 0.583. The van der Waals surface area contributed by atoms with Gasteiger partial charge in [-0.05, 0) is 20.8 Å². The summed E-state index contributed by atoms with van der Waals surface area (Å²) in [4.78, 5) is 30.3. The molecule has 18 heavy (non-hydrogen) atoms. The summed E-state index contributed by atoms with van der Waals surface area (Å²) in [6, 6.07) is 0. The third-order valence-corrected chi connectivity index (χ3v) is 2.10. The fourth-order valence-corrected chi connectivity index (χ4v) is 1.36. The Bertz CT molecular complexity index is 437. The quantitative estimate of drug-likeness (QED) is 0.809. The zero-order chi connectivity index (χ0) is 13.7. The van der Waals surface area contributed by atoms with Crippen molar-refractivity contribution in [2.75, 3.05) is 6.61 Å². The van der Waals surface area contributed by atoms with Gasteiger partial charge < -0.3 is 14.5 Å². The van der Waals surface area contributed by atoms with E-state index in [1.165, 1.54) is 0 Å². The summed E-state index contributed by atoms with van der Waals surface area (Å²) in [5.74, 6) is -0.668. The number of esters is 2. The smallest absolute Gasteiger partial charge is 0.359 e. The number of carbonyl (C=O) groups excluding carboxylic acids is 2. The normalized spacial score (nSPS) is 10.5. The number of H-pyrrole nitrogens is 1. The first-order valence-corrected chi connectivity index (χ1v) is 5.96. The Labute approximate surface area is 106 Å². The minimum atomic E-state index is -0.621. The SMILES string of the molecule is CCOC(=O)c1[nH]c(CC)nc1C(=O)OC(C)C. The van der Waals surface area contributed by atoms with Crippen LogP contribution in [0.2, 0.25) is 0 Å². The summed E-state index contributed by atoms with van der Waals surface area (Å²) < 4.78 is 9.90. The summed E-state index contributed by atoms with van der Waals surface area (Å²) in [5.41, 5.74) is 0.0401. The van der Waals surface area contributed by atoms with Crippen molar-refractivity contribution < 1.29 is 19.1 Å². The van der Waals surface area contributed by atoms with Gasteiger partial charge in [0.25, 0.3) is 0 Å². The monoisotopic (exact) mass is 254 g/mol. The maximum atomic E-state index is 11.8. The minimum absolute atomic E-state index is 0.0148. The number of aryl methyl sites for hydroxylation is 1. The van der Waals surface area contributed by atoms with E-state index in [0.717, 1.165) is 0 Å². The maximum Gasteiger partial charge on any atom is 0.359 e. The summed E-state index contributed by atoms with van der Waals surface area (Å²) in [6.07, 6.45) is 0.316. The largest absolute Gasteiger partial charge is 0.461 e. The Morgan fingerprint density at radius 1 is 1.28 bits per heavy atom. The standard InChI is InChI=1S/C12H18N2O4/c1-5-8-13-9(11(15)17-6-2)10(14-8)12(16)18-7(3)4/h7H,5-6H2,1-4H3,(H,13,14). The van der Waals surface area contributed by atoms with Crippen LogP contribution in [0.25, 0.3) is 0 Å². The van der Waals surface area contributed by atoms with Crippen molar-refractivity contribution in [2.24, 2.45) is 0 Å². The van der Waals surface area contributed by atoms with Gasteiger partial charge in [-0.3, -0.25) is 0 Å². The molecule has 1 aromatic heterocycles. The topological polar surface area (TPSA) is 81.3 Å². The van der Waals surface area contributed by atoms with E-state index in [1.54, 1.807) is 20.8 Å². The van der Waals surface area contributed by atoms with Crippen LogP contribution >= 0.6 is 0 Å². The molecule has 0 aliphatic heterocycles. The van der Waals surface area contributed by atoms with E-state index in [-0.39, 0.29) is 24.1 Å². The predicted molar refractivity (Wildman–Crippen MR) is 64.5 cm³/mol. The van der Waals surface area contributed by atoms with E-state index in [2.05, 4.69) is 9.97 Å². The average Bonchev–Trinajstić information content (AvgIpc) is 2.72. The molecule has 0 saturated heterocycles. The number of hydrogen-bond acceptors (Lipinski definition) is 5. The van der Waals surface area contributed by atoms with Gasteiger partial charge in [-0.1, -0.05) is 6.92 Å². The summed E-state index contributed by atoms with van der Waals surface area (Å²) in [5, 5.41) is 0. The van der Waals surface area contributed by atoms with Crippen molar-refractivity contribution in [3.05, 3.63) is 17.2 Å². The molecule has 0 aromatic carbocycles. The van der Waals surface area contributed by atoms with Gasteiger partial charge in [-0.15, -0.1) is 0 Å². The zero-order valence-corrected chi connectivity index (χ0v) is 11.1. The highest BCUT2D eigenvalue weighted by Crippen LogP contribution is 2.11. The van der Waals surface area contributed by atoms with Crippen LogP contribution in [0.4, 0.5) is 0 Å². The van der Waals surface area contributed by atoms with Crippen LogP contribution in [0.15, 0.2) is 0 Å². The Morgan fingerprint density at radius 2 is 1.94 bits per heavy atom. The molecular weight excluding hydrogens is 236 g/mol. The number of hydrogen-bond donors (Lipinski definition) is 1. The second kappa shape index (κ2) is 6.18. The molecule has 100 valence electrons. The lowest BCUT2D eigenvalue weighted by molar-refractivity contribution is 0.0356. The van der Waals surface area contributed by atoms with E-state index in [9.17, 15) is 9.59 Å². The molecule has 0 saturated carbocycles. The second-order valence-corrected chi connectivity index (χ2v) is 3.94. The number of imidazole rings is 1. The molecule has 1 heterocycles. The Morgan fingerprint density at radius 3 is 2.44 bits per heavy atom. The maximum absolute atomic E-state index is 11.8. The first-order chi connectivity index (χ1) is 8.49. The van der Waals surface area contributed by atoms with Crippen LogP contribution in [0, 0.1) is 0 Å². The summed E-state index contributed by atoms with van der Waals surface area (Å²) in [7, 11) is 0. The molecule has 0 amide bonds. The van der Waals surface area contributed by atoms with Gasteiger partial charge in [0.15, 0.2) is 11.4 Å². The highest BCUT2D eigenvalue weighted by Gasteiger charge is 2.25. The van der Waals surface area contributed by atoms with Crippen molar-refractivity contribution in [1.29, 1.82) is 0 Å². The van der Waals surface area contributed by atoms with E-state index in [4.69, 9.17) is 9.47 Å². The van der Waals surface area contributed by atoms with Crippen molar-refractivity contribution in [2.45, 2.75) is 40.2 Å². The lowest BCUT2D eigenvalue weighted by Crippen LogP contribution is -2.17. The first kappa shape index (κ1) is 14.2. The number of ether oxygens (including phenoxy) is 2. The van der Waals surface area contributed by atoms with Crippen LogP contribution in [-0.2, 0) is 15.9 Å². The molecule has 6 nitrogen and oxygen atoms in total. The van der Waals surface area contributed by atoms with Gasteiger partial charge in [0.05, 0.1) is 12.7 Å². The van der Waals surface area contributed by atoms with Gasteiger partial charge in [-0.2, -0.15) is 0 Å². The predicted octanol–water partition coefficient (Wildman–Crippen LogP) is 1.71. The molecule has 0 bridgehead atoms. The first-order valence-electron chi connectivity index (χ1n) is 5.96. The van der Waals surface area contributed by atoms with Crippen molar-refractivity contribution in [3.63, 3.8) is 0 Å². The van der Waals surface area contributed by atoms with E-state index in [0.29, 0.717) is 12.2 Å². The Hall–Kier alpha value is -1.85. The number of aromatic amines is 1. The fourth-order valence-electron chi connectivity index (χ4n) is 1.36. The van der Waals surface area contributed by atoms with Gasteiger partial charge in [-0.25, -0.2) is 14.6 Å². The summed E-state index contributed by atoms with van der Waals surface area (Å²) in [6.45, 7) is 7.26. The number of aromatic nitrogens is 2. The van der Waals surface area contributed by atoms with E-state index < -0.39 is 11.9 Å². The van der Waals surface area contributed by atoms with E-state index in [1.807, 2.05) is 6.92 Å². The Balaban J connectivity index is 3.04. The molecule has 0 radical (unpaired) electrons. The number of nitrogens with one attached hydrogen (secondary N) is 1. The number of carbonyl (C=O) groups is 2. The average molecular weight is 254 g/mol. The zero-order valence-electron chi connectivity index (χ0n) is 11.1. The highest BCUT2D eigenvalue weighted by atomic mass is 16.5. The van der Waals surface area contributed by atoms with Crippen LogP contribution in [0.3, 0.4) is 0 Å². The van der Waals surface area contributed by atoms with Crippen molar-refractivity contribution >= 4 is 11.9 Å². The lowest BCUT2D eigenvalue weighted by Gasteiger charge is -2.06. The van der Waals surface area contributed by atoms with Gasteiger partial charge in [0.1, 0.15) is 5.82 Å². The van der Waals surface area contributed by atoms with Gasteiger partial charge >= 0.3 is 11.9 Å². The molecule has 0 fully saturated rings. The Kier molecular flexibility index (Phi) is 4.88. The molecule has 0 unspecified atom stereocenters. The third-order valence-electron chi connectivity index (χ3n) is 2.10. The number of nitrogens with zero attached hydrogens (tertiary/aromatic N) is 1. The molecule has 6 heteroatoms. The van der Waals surface area contributed by atoms with E-state index >= 15 is 0 Å². The van der Waals surface area contributed by atoms with Crippen molar-refractivity contribution in [1.82, 2.24) is 9.97 Å². The lowest BCUT2D eigenvalue weighted by atomic mass is 10.3. The number of rotatable bonds is 5. The highest BCUT2D eigenvalue weighted by molar-refractivity contribution is 6.00. The molecule has 0 atom stereocenters. The molecule has 0 aliphatic carbocycles. The molecule has 1 aromatic rings. The van der Waals surface area contributed by atoms with Crippen LogP contribution in [0.1, 0.15) is 54.5 Å². The van der Waals surface area contributed by atoms with Crippen LogP contribution in [0.5, 0.6) is 0 Å². The van der Waals surface area contributed by atoms with Crippen molar-refractivity contribution in [3.8, 4) is 0 Å². The van der Waals surface area contributed by atoms with Gasteiger partial charge in [0.2, 0.25) is 0 Å². The molecular formula is C12H18N2O4. The van der Waals surface area contributed by atoms with Crippen LogP contribution in [-0.4, -0.2) is 34.6 Å². The third kappa shape index (κ3) is 3.32. The minimum Gasteiger partial charge on any atom is -0.461 e. The molecule has 1 rings (SSSR count). The molecule has 0 spiro atoms. The van der Waals surface area contributed by atoms with Gasteiger partial charge in [0, 0.05) is 6.42 Å². The molecule has 1 N–H and O–H groups in total. The molecule has 0 aliphatic rings. The van der Waals surface area contributed by atoms with Crippen LogP contribution < -0.4 is 0 Å². The summed E-state index contributed by atoms with van der Waals surface area (Å²) >= 11 is 0. The second-order valence-electron chi connectivity index (χ2n) is 3.94.